The molecule has 6 nitrogen and oxygen atoms in total. The van der Waals surface area contributed by atoms with Gasteiger partial charge in [-0.1, -0.05) is 30.3 Å². The van der Waals surface area contributed by atoms with E-state index in [-0.39, 0.29) is 11.8 Å². The molecule has 1 aromatic rings. The molecule has 0 bridgehead atoms. The Morgan fingerprint density at radius 2 is 1.95 bits per heavy atom. The number of hydrogen-bond acceptors (Lipinski definition) is 3. The fraction of sp³-hybridized carbons (Fsp3) is 0.308. The normalized spacial score (nSPS) is 17.8. The number of carbonyl (C=O) groups excluding carboxylic acids is 3. The largest absolute Gasteiger partial charge is 0.356 e. The maximum absolute atomic E-state index is 11.6. The van der Waals surface area contributed by atoms with Crippen LogP contribution in [-0.2, 0) is 16.0 Å². The van der Waals surface area contributed by atoms with Crippen LogP contribution in [0.1, 0.15) is 12.0 Å². The van der Waals surface area contributed by atoms with E-state index in [1.54, 1.807) is 0 Å². The predicted molar refractivity (Wildman–Crippen MR) is 68.2 cm³/mol. The highest BCUT2D eigenvalue weighted by Crippen LogP contribution is 2.00. The van der Waals surface area contributed by atoms with Gasteiger partial charge in [0.15, 0.2) is 0 Å². The summed E-state index contributed by atoms with van der Waals surface area (Å²) in [5, 5.41) is 7.34. The summed E-state index contributed by atoms with van der Waals surface area (Å²) in [6.45, 7) is 0.351. The lowest BCUT2D eigenvalue weighted by Crippen LogP contribution is -2.35. The van der Waals surface area contributed by atoms with E-state index in [0.29, 0.717) is 19.4 Å². The van der Waals surface area contributed by atoms with Crippen LogP contribution in [-0.4, -0.2) is 30.4 Å². The molecule has 1 atom stereocenters. The molecule has 6 heteroatoms. The van der Waals surface area contributed by atoms with Crippen LogP contribution >= 0.6 is 0 Å². The van der Waals surface area contributed by atoms with Crippen molar-refractivity contribution in [2.45, 2.75) is 18.9 Å². The van der Waals surface area contributed by atoms with Gasteiger partial charge in [-0.2, -0.15) is 0 Å². The molecule has 0 spiro atoms. The van der Waals surface area contributed by atoms with Crippen molar-refractivity contribution in [3.8, 4) is 0 Å². The highest BCUT2D eigenvalue weighted by Gasteiger charge is 2.28. The molecule has 100 valence electrons. The monoisotopic (exact) mass is 261 g/mol. The minimum Gasteiger partial charge on any atom is -0.356 e. The van der Waals surface area contributed by atoms with Crippen molar-refractivity contribution in [3.05, 3.63) is 35.9 Å². The SMILES string of the molecule is O=C(Cc1ccccc1)NCCC1NC(=O)NC1=O. The highest BCUT2D eigenvalue weighted by molar-refractivity contribution is 6.04. The lowest BCUT2D eigenvalue weighted by Gasteiger charge is -2.08. The summed E-state index contributed by atoms with van der Waals surface area (Å²) >= 11 is 0. The third-order valence-electron chi connectivity index (χ3n) is 2.82. The smallest absolute Gasteiger partial charge is 0.322 e. The lowest BCUT2D eigenvalue weighted by atomic mass is 10.1. The summed E-state index contributed by atoms with van der Waals surface area (Å²) in [5.41, 5.74) is 0.937. The van der Waals surface area contributed by atoms with Crippen molar-refractivity contribution in [2.24, 2.45) is 0 Å². The third kappa shape index (κ3) is 3.80. The average molecular weight is 261 g/mol. The van der Waals surface area contributed by atoms with E-state index in [1.807, 2.05) is 30.3 Å². The van der Waals surface area contributed by atoms with Gasteiger partial charge in [-0.15, -0.1) is 0 Å². The van der Waals surface area contributed by atoms with Crippen molar-refractivity contribution in [3.63, 3.8) is 0 Å². The summed E-state index contributed by atoms with van der Waals surface area (Å²) < 4.78 is 0. The third-order valence-corrected chi connectivity index (χ3v) is 2.82. The minimum atomic E-state index is -0.551. The Kier molecular flexibility index (Phi) is 4.12. The van der Waals surface area contributed by atoms with Gasteiger partial charge in [0.2, 0.25) is 5.91 Å². The highest BCUT2D eigenvalue weighted by atomic mass is 16.2. The second kappa shape index (κ2) is 5.99. The number of imide groups is 1. The van der Waals surface area contributed by atoms with Crippen molar-refractivity contribution in [1.82, 2.24) is 16.0 Å². The lowest BCUT2D eigenvalue weighted by molar-refractivity contribution is -0.122. The van der Waals surface area contributed by atoms with Crippen LogP contribution in [0.25, 0.3) is 0 Å². The summed E-state index contributed by atoms with van der Waals surface area (Å²) in [7, 11) is 0. The summed E-state index contributed by atoms with van der Waals surface area (Å²) in [5.74, 6) is -0.446. The van der Waals surface area contributed by atoms with Crippen molar-refractivity contribution in [1.29, 1.82) is 0 Å². The maximum atomic E-state index is 11.6. The molecule has 1 unspecified atom stereocenters. The van der Waals surface area contributed by atoms with Crippen LogP contribution in [0.4, 0.5) is 4.79 Å². The van der Waals surface area contributed by atoms with Crippen LogP contribution < -0.4 is 16.0 Å². The Morgan fingerprint density at radius 1 is 1.21 bits per heavy atom. The molecule has 1 aliphatic rings. The fourth-order valence-electron chi connectivity index (χ4n) is 1.86. The van der Waals surface area contributed by atoms with E-state index in [0.717, 1.165) is 5.56 Å². The van der Waals surface area contributed by atoms with Crippen LogP contribution in [0.15, 0.2) is 30.3 Å². The van der Waals surface area contributed by atoms with E-state index < -0.39 is 12.1 Å². The zero-order valence-corrected chi connectivity index (χ0v) is 10.3. The number of benzene rings is 1. The van der Waals surface area contributed by atoms with Crippen molar-refractivity contribution < 1.29 is 14.4 Å². The molecule has 2 rings (SSSR count). The first-order chi connectivity index (χ1) is 9.15. The Bertz CT molecular complexity index is 487. The van der Waals surface area contributed by atoms with Crippen LogP contribution in [0.2, 0.25) is 0 Å². The van der Waals surface area contributed by atoms with Crippen molar-refractivity contribution in [2.75, 3.05) is 6.54 Å². The quantitative estimate of drug-likeness (QED) is 0.649. The van der Waals surface area contributed by atoms with Gasteiger partial charge in [0.25, 0.3) is 5.91 Å². The second-order valence-electron chi connectivity index (χ2n) is 4.32. The van der Waals surface area contributed by atoms with E-state index in [9.17, 15) is 14.4 Å². The molecule has 19 heavy (non-hydrogen) atoms. The van der Waals surface area contributed by atoms with Crippen LogP contribution in [0, 0.1) is 0 Å². The Labute approximate surface area is 110 Å². The molecule has 0 saturated carbocycles. The van der Waals surface area contributed by atoms with E-state index in [4.69, 9.17) is 0 Å². The molecular formula is C13H15N3O3. The summed E-state index contributed by atoms with van der Waals surface area (Å²) in [6, 6.07) is 8.37. The summed E-state index contributed by atoms with van der Waals surface area (Å²) in [6.07, 6.45) is 0.697. The van der Waals surface area contributed by atoms with Gasteiger partial charge in [-0.05, 0) is 12.0 Å². The maximum Gasteiger partial charge on any atom is 0.322 e. The van der Waals surface area contributed by atoms with Gasteiger partial charge in [-0.25, -0.2) is 4.79 Å². The first-order valence-corrected chi connectivity index (χ1v) is 6.07. The van der Waals surface area contributed by atoms with Gasteiger partial charge in [0, 0.05) is 6.54 Å². The Hall–Kier alpha value is -2.37. The number of urea groups is 1. The minimum absolute atomic E-state index is 0.101. The van der Waals surface area contributed by atoms with E-state index >= 15 is 0 Å². The fourth-order valence-corrected chi connectivity index (χ4v) is 1.86. The van der Waals surface area contributed by atoms with Gasteiger partial charge in [-0.3, -0.25) is 14.9 Å². The van der Waals surface area contributed by atoms with Crippen LogP contribution in [0.5, 0.6) is 0 Å². The van der Waals surface area contributed by atoms with Gasteiger partial charge >= 0.3 is 6.03 Å². The number of nitrogens with one attached hydrogen (secondary N) is 3. The van der Waals surface area contributed by atoms with E-state index in [1.165, 1.54) is 0 Å². The van der Waals surface area contributed by atoms with Crippen LogP contribution in [0.3, 0.4) is 0 Å². The Morgan fingerprint density at radius 3 is 2.58 bits per heavy atom. The molecule has 1 aliphatic heterocycles. The van der Waals surface area contributed by atoms with Gasteiger partial charge < -0.3 is 10.6 Å². The average Bonchev–Trinajstić information content (AvgIpc) is 2.69. The second-order valence-corrected chi connectivity index (χ2v) is 4.32. The summed E-state index contributed by atoms with van der Waals surface area (Å²) in [4.78, 5) is 33.7. The molecule has 1 aromatic carbocycles. The molecule has 3 N–H and O–H groups in total. The first-order valence-electron chi connectivity index (χ1n) is 6.07. The molecule has 1 heterocycles. The van der Waals surface area contributed by atoms with Crippen molar-refractivity contribution >= 4 is 17.8 Å². The molecular weight excluding hydrogens is 246 g/mol. The molecule has 0 aromatic heterocycles. The molecule has 0 radical (unpaired) electrons. The van der Waals surface area contributed by atoms with E-state index in [2.05, 4.69) is 16.0 Å². The molecule has 1 fully saturated rings. The van der Waals surface area contributed by atoms with Gasteiger partial charge in [0.05, 0.1) is 6.42 Å². The topological polar surface area (TPSA) is 87.3 Å². The molecule has 1 saturated heterocycles. The zero-order chi connectivity index (χ0) is 13.7. The number of amides is 4. The molecule has 4 amide bonds. The predicted octanol–water partition coefficient (Wildman–Crippen LogP) is -0.0566. The molecule has 0 aliphatic carbocycles. The number of rotatable bonds is 5. The van der Waals surface area contributed by atoms with Gasteiger partial charge in [0.1, 0.15) is 6.04 Å². The first kappa shape index (κ1) is 13.1. The standard InChI is InChI=1S/C13H15N3O3/c17-11(8-9-4-2-1-3-5-9)14-7-6-10-12(18)16-13(19)15-10/h1-5,10H,6-8H2,(H,14,17)(H2,15,16,18,19). The number of hydrogen-bond donors (Lipinski definition) is 3. The number of carbonyl (C=O) groups is 3. The Balaban J connectivity index is 1.70. The zero-order valence-electron chi connectivity index (χ0n) is 10.3.